The van der Waals surface area contributed by atoms with Gasteiger partial charge in [0.15, 0.2) is 5.13 Å². The molecule has 1 aliphatic rings. The lowest BCUT2D eigenvalue weighted by atomic mass is 10.1. The molecule has 4 rings (SSSR count). The maximum atomic E-state index is 12.6. The number of aromatic nitrogens is 1. The van der Waals surface area contributed by atoms with Gasteiger partial charge in [-0.15, -0.1) is 11.3 Å². The second kappa shape index (κ2) is 9.28. The number of carbonyl (C=O) groups is 1. The summed E-state index contributed by atoms with van der Waals surface area (Å²) in [6.07, 6.45) is 0. The summed E-state index contributed by atoms with van der Waals surface area (Å²) in [6, 6.07) is 15.8. The maximum Gasteiger partial charge on any atom is 0.253 e. The largest absolute Gasteiger partial charge is 0.496 e. The van der Waals surface area contributed by atoms with Crippen molar-refractivity contribution in [1.29, 1.82) is 0 Å². The number of carbonyl (C=O) groups excluding carboxylic acids is 1. The van der Waals surface area contributed by atoms with E-state index in [0.29, 0.717) is 0 Å². The minimum absolute atomic E-state index is 0.109. The molecule has 2 aromatic carbocycles. The molecule has 0 atom stereocenters. The van der Waals surface area contributed by atoms with Gasteiger partial charge in [0.25, 0.3) is 5.91 Å². The molecular weight excluding hydrogens is 396 g/mol. The Hall–Kier alpha value is -2.90. The van der Waals surface area contributed by atoms with Crippen LogP contribution in [0.1, 0.15) is 15.9 Å². The number of hydrogen-bond acceptors (Lipinski definition) is 6. The van der Waals surface area contributed by atoms with Gasteiger partial charge in [0.2, 0.25) is 0 Å². The summed E-state index contributed by atoms with van der Waals surface area (Å²) in [5, 5.41) is 6.27. The van der Waals surface area contributed by atoms with Gasteiger partial charge in [-0.25, -0.2) is 4.98 Å². The number of nitrogens with one attached hydrogen (secondary N) is 1. The molecule has 30 heavy (non-hydrogen) atoms. The molecule has 0 radical (unpaired) electrons. The Balaban J connectivity index is 1.42. The van der Waals surface area contributed by atoms with E-state index >= 15 is 0 Å². The van der Waals surface area contributed by atoms with E-state index in [0.717, 1.165) is 66.0 Å². The molecule has 1 fully saturated rings. The first-order valence-electron chi connectivity index (χ1n) is 10.0. The zero-order valence-electron chi connectivity index (χ0n) is 17.3. The van der Waals surface area contributed by atoms with Crippen LogP contribution in [0.2, 0.25) is 0 Å². The highest BCUT2D eigenvalue weighted by atomic mass is 32.1. The maximum absolute atomic E-state index is 12.6. The molecule has 0 saturated carbocycles. The van der Waals surface area contributed by atoms with Crippen molar-refractivity contribution in [2.45, 2.75) is 6.54 Å². The van der Waals surface area contributed by atoms with Gasteiger partial charge in [0, 0.05) is 56.3 Å². The number of amides is 1. The van der Waals surface area contributed by atoms with E-state index < -0.39 is 0 Å². The SMILES string of the molecule is COc1ccccc1-c1csc(N(C)Cc2ccc(C(=O)N3CCNCC3)cc2)n1. The summed E-state index contributed by atoms with van der Waals surface area (Å²) < 4.78 is 5.46. The Kier molecular flexibility index (Phi) is 6.30. The predicted molar refractivity (Wildman–Crippen MR) is 121 cm³/mol. The zero-order chi connectivity index (χ0) is 20.9. The van der Waals surface area contributed by atoms with Gasteiger partial charge < -0.3 is 19.9 Å². The van der Waals surface area contributed by atoms with E-state index in [-0.39, 0.29) is 5.91 Å². The number of anilines is 1. The summed E-state index contributed by atoms with van der Waals surface area (Å²) in [6.45, 7) is 3.98. The second-order valence-corrected chi connectivity index (χ2v) is 8.15. The molecule has 1 amide bonds. The van der Waals surface area contributed by atoms with Crippen molar-refractivity contribution in [2.75, 3.05) is 45.2 Å². The summed E-state index contributed by atoms with van der Waals surface area (Å²) in [7, 11) is 3.71. The number of para-hydroxylation sites is 1. The molecule has 0 bridgehead atoms. The summed E-state index contributed by atoms with van der Waals surface area (Å²) >= 11 is 1.61. The molecule has 2 heterocycles. The summed E-state index contributed by atoms with van der Waals surface area (Å²) in [5.74, 6) is 0.930. The van der Waals surface area contributed by atoms with Crippen molar-refractivity contribution < 1.29 is 9.53 Å². The Bertz CT molecular complexity index is 996. The molecule has 1 aliphatic heterocycles. The normalized spacial score (nSPS) is 13.9. The molecule has 7 heteroatoms. The number of rotatable bonds is 6. The fourth-order valence-electron chi connectivity index (χ4n) is 3.56. The van der Waals surface area contributed by atoms with Crippen molar-refractivity contribution in [3.05, 3.63) is 65.0 Å². The number of ether oxygens (including phenoxy) is 1. The van der Waals surface area contributed by atoms with Crippen LogP contribution in [0.4, 0.5) is 5.13 Å². The molecule has 156 valence electrons. The van der Waals surface area contributed by atoms with Crippen LogP contribution in [0.3, 0.4) is 0 Å². The molecular formula is C23H26N4O2S. The average Bonchev–Trinajstić information content (AvgIpc) is 3.30. The zero-order valence-corrected chi connectivity index (χ0v) is 18.1. The van der Waals surface area contributed by atoms with Gasteiger partial charge in [-0.2, -0.15) is 0 Å². The molecule has 1 N–H and O–H groups in total. The van der Waals surface area contributed by atoms with Gasteiger partial charge in [0.05, 0.1) is 12.8 Å². The van der Waals surface area contributed by atoms with Crippen LogP contribution in [-0.4, -0.2) is 56.1 Å². The molecule has 0 unspecified atom stereocenters. The lowest BCUT2D eigenvalue weighted by Gasteiger charge is -2.27. The number of piperazine rings is 1. The highest BCUT2D eigenvalue weighted by Crippen LogP contribution is 2.33. The smallest absolute Gasteiger partial charge is 0.253 e. The highest BCUT2D eigenvalue weighted by Gasteiger charge is 2.18. The van der Waals surface area contributed by atoms with Gasteiger partial charge in [-0.1, -0.05) is 24.3 Å². The van der Waals surface area contributed by atoms with E-state index in [1.54, 1.807) is 18.4 Å². The van der Waals surface area contributed by atoms with Gasteiger partial charge in [-0.3, -0.25) is 4.79 Å². The third kappa shape index (κ3) is 4.47. The minimum Gasteiger partial charge on any atom is -0.496 e. The third-order valence-electron chi connectivity index (χ3n) is 5.23. The lowest BCUT2D eigenvalue weighted by Crippen LogP contribution is -2.46. The standard InChI is InChI=1S/C23H26N4O2S/c1-26(23-25-20(16-30-23)19-5-3-4-6-21(19)29-2)15-17-7-9-18(10-8-17)22(28)27-13-11-24-12-14-27/h3-10,16,24H,11-15H2,1-2H3. The monoisotopic (exact) mass is 422 g/mol. The van der Waals surface area contributed by atoms with Crippen LogP contribution < -0.4 is 15.0 Å². The van der Waals surface area contributed by atoms with Crippen LogP contribution >= 0.6 is 11.3 Å². The van der Waals surface area contributed by atoms with Crippen LogP contribution in [0, 0.1) is 0 Å². The molecule has 6 nitrogen and oxygen atoms in total. The summed E-state index contributed by atoms with van der Waals surface area (Å²) in [4.78, 5) is 21.4. The first kappa shape index (κ1) is 20.4. The fraction of sp³-hybridized carbons (Fsp3) is 0.304. The van der Waals surface area contributed by atoms with E-state index in [4.69, 9.17) is 9.72 Å². The van der Waals surface area contributed by atoms with E-state index in [2.05, 4.69) is 15.6 Å². The minimum atomic E-state index is 0.109. The Morgan fingerprint density at radius 3 is 2.63 bits per heavy atom. The van der Waals surface area contributed by atoms with Crippen molar-refractivity contribution in [1.82, 2.24) is 15.2 Å². The van der Waals surface area contributed by atoms with Crippen LogP contribution in [0.5, 0.6) is 5.75 Å². The van der Waals surface area contributed by atoms with Crippen LogP contribution in [-0.2, 0) is 6.54 Å². The average molecular weight is 423 g/mol. The number of nitrogens with zero attached hydrogens (tertiary/aromatic N) is 3. The van der Waals surface area contributed by atoms with Crippen molar-refractivity contribution >= 4 is 22.4 Å². The van der Waals surface area contributed by atoms with E-state index in [1.807, 2.05) is 60.5 Å². The van der Waals surface area contributed by atoms with Gasteiger partial charge >= 0.3 is 0 Å². The first-order valence-corrected chi connectivity index (χ1v) is 10.9. The molecule has 0 aliphatic carbocycles. The fourth-order valence-corrected chi connectivity index (χ4v) is 4.36. The second-order valence-electron chi connectivity index (χ2n) is 7.31. The third-order valence-corrected chi connectivity index (χ3v) is 6.18. The van der Waals surface area contributed by atoms with Gasteiger partial charge in [-0.05, 0) is 29.8 Å². The van der Waals surface area contributed by atoms with E-state index in [9.17, 15) is 4.79 Å². The molecule has 3 aromatic rings. The lowest BCUT2D eigenvalue weighted by molar-refractivity contribution is 0.0736. The highest BCUT2D eigenvalue weighted by molar-refractivity contribution is 7.14. The number of methoxy groups -OCH3 is 1. The predicted octanol–water partition coefficient (Wildman–Crippen LogP) is 3.50. The van der Waals surface area contributed by atoms with Crippen LogP contribution in [0.15, 0.2) is 53.9 Å². The Morgan fingerprint density at radius 1 is 1.17 bits per heavy atom. The van der Waals surface area contributed by atoms with Crippen molar-refractivity contribution in [3.63, 3.8) is 0 Å². The Morgan fingerprint density at radius 2 is 1.90 bits per heavy atom. The number of hydrogen-bond donors (Lipinski definition) is 1. The number of benzene rings is 2. The first-order chi connectivity index (χ1) is 14.7. The topological polar surface area (TPSA) is 57.7 Å². The van der Waals surface area contributed by atoms with Crippen molar-refractivity contribution in [2.24, 2.45) is 0 Å². The van der Waals surface area contributed by atoms with Crippen LogP contribution in [0.25, 0.3) is 11.3 Å². The molecule has 1 aromatic heterocycles. The summed E-state index contributed by atoms with van der Waals surface area (Å²) in [5.41, 5.74) is 3.79. The Labute approximate surface area is 181 Å². The quantitative estimate of drug-likeness (QED) is 0.659. The number of thiazole rings is 1. The van der Waals surface area contributed by atoms with E-state index in [1.165, 1.54) is 0 Å². The molecule has 0 spiro atoms. The van der Waals surface area contributed by atoms with Crippen molar-refractivity contribution in [3.8, 4) is 17.0 Å². The molecule has 1 saturated heterocycles. The van der Waals surface area contributed by atoms with Gasteiger partial charge in [0.1, 0.15) is 5.75 Å².